The molecule has 190 valence electrons. The van der Waals surface area contributed by atoms with Gasteiger partial charge in [-0.15, -0.1) is 0 Å². The zero-order chi connectivity index (χ0) is 25.5. The lowest BCUT2D eigenvalue weighted by Crippen LogP contribution is -2.61. The van der Waals surface area contributed by atoms with Crippen LogP contribution in [0.5, 0.6) is 5.75 Å². The third-order valence-corrected chi connectivity index (χ3v) is 6.04. The van der Waals surface area contributed by atoms with Crippen LogP contribution in [0.15, 0.2) is 33.5 Å². The highest BCUT2D eigenvalue weighted by atomic mass is 16.7. The summed E-state index contributed by atoms with van der Waals surface area (Å²) in [7, 11) is 0. The van der Waals surface area contributed by atoms with Crippen molar-refractivity contribution in [1.29, 1.82) is 0 Å². The quantitative estimate of drug-likeness (QED) is 0.225. The molecular weight excluding hydrogens is 468 g/mol. The second-order valence-corrected chi connectivity index (χ2v) is 9.05. The van der Waals surface area contributed by atoms with Crippen LogP contribution in [0.3, 0.4) is 0 Å². The van der Waals surface area contributed by atoms with Crippen molar-refractivity contribution in [3.05, 3.63) is 40.2 Å². The number of benzene rings is 1. The average Bonchev–Trinajstić information content (AvgIpc) is 3.20. The van der Waals surface area contributed by atoms with Gasteiger partial charge >= 0.3 is 17.6 Å². The van der Waals surface area contributed by atoms with E-state index in [0.29, 0.717) is 17.8 Å². The molecule has 0 amide bonds. The van der Waals surface area contributed by atoms with Crippen molar-refractivity contribution >= 4 is 22.9 Å². The molecule has 2 aromatic rings. The van der Waals surface area contributed by atoms with Crippen molar-refractivity contribution in [2.24, 2.45) is 0 Å². The van der Waals surface area contributed by atoms with Crippen LogP contribution < -0.4 is 10.4 Å². The minimum Gasteiger partial charge on any atom is -0.487 e. The number of carbonyl (C=O) groups is 2. The number of carbonyl (C=O) groups excluding carboxylic acids is 1. The first-order valence-corrected chi connectivity index (χ1v) is 10.9. The molecule has 2 aliphatic heterocycles. The molecule has 0 bridgehead atoms. The van der Waals surface area contributed by atoms with Crippen molar-refractivity contribution in [3.63, 3.8) is 0 Å². The van der Waals surface area contributed by atoms with Gasteiger partial charge < -0.3 is 43.8 Å². The summed E-state index contributed by atoms with van der Waals surface area (Å²) in [5.41, 5.74) is -0.330. The van der Waals surface area contributed by atoms with E-state index in [-0.39, 0.29) is 0 Å². The highest BCUT2D eigenvalue weighted by Gasteiger charge is 2.48. The lowest BCUT2D eigenvalue weighted by molar-refractivity contribution is -0.329. The second-order valence-electron chi connectivity index (χ2n) is 9.05. The molecule has 4 N–H and O–H groups in total. The first-order valence-electron chi connectivity index (χ1n) is 10.9. The Balaban J connectivity index is 1.45. The molecule has 3 heterocycles. The van der Waals surface area contributed by atoms with Gasteiger partial charge in [0.2, 0.25) is 0 Å². The van der Waals surface area contributed by atoms with Crippen LogP contribution in [-0.2, 0) is 30.2 Å². The Morgan fingerprint density at radius 2 is 1.86 bits per heavy atom. The van der Waals surface area contributed by atoms with Crippen molar-refractivity contribution in [2.45, 2.75) is 69.1 Å². The topological polar surface area (TPSA) is 182 Å². The third kappa shape index (κ3) is 5.31. The lowest BCUT2D eigenvalue weighted by atomic mass is 9.95. The summed E-state index contributed by atoms with van der Waals surface area (Å²) in [6, 6.07) is 6.44. The van der Waals surface area contributed by atoms with Crippen LogP contribution >= 0.6 is 0 Å². The predicted molar refractivity (Wildman–Crippen MR) is 116 cm³/mol. The van der Waals surface area contributed by atoms with E-state index in [2.05, 4.69) is 0 Å². The minimum atomic E-state index is -1.68. The zero-order valence-corrected chi connectivity index (χ0v) is 18.9. The van der Waals surface area contributed by atoms with Crippen LogP contribution in [0, 0.1) is 0 Å². The summed E-state index contributed by atoms with van der Waals surface area (Å²) in [4.78, 5) is 33.6. The molecule has 0 saturated carbocycles. The molecule has 6 atom stereocenters. The summed E-state index contributed by atoms with van der Waals surface area (Å²) < 4.78 is 27.6. The van der Waals surface area contributed by atoms with Crippen molar-refractivity contribution in [2.75, 3.05) is 6.61 Å². The number of esters is 1. The number of rotatable bonds is 7. The van der Waals surface area contributed by atoms with Gasteiger partial charge in [-0.1, -0.05) is 0 Å². The lowest BCUT2D eigenvalue weighted by Gasteiger charge is -2.43. The fourth-order valence-corrected chi connectivity index (χ4v) is 4.07. The van der Waals surface area contributed by atoms with Crippen LogP contribution in [0.1, 0.15) is 25.8 Å². The van der Waals surface area contributed by atoms with Crippen LogP contribution in [0.25, 0.3) is 11.0 Å². The Morgan fingerprint density at radius 1 is 1.11 bits per heavy atom. The van der Waals surface area contributed by atoms with E-state index in [9.17, 15) is 29.7 Å². The Hall–Kier alpha value is -3.03. The summed E-state index contributed by atoms with van der Waals surface area (Å²) in [6.07, 6.45) is -8.61. The average molecular weight is 494 g/mol. The zero-order valence-electron chi connectivity index (χ0n) is 18.9. The molecule has 12 heteroatoms. The largest absolute Gasteiger partial charge is 0.487 e. The number of carboxylic acids is 1. The van der Waals surface area contributed by atoms with Gasteiger partial charge in [-0.2, -0.15) is 0 Å². The highest BCUT2D eigenvalue weighted by molar-refractivity contribution is 5.90. The number of hydrogen-bond donors (Lipinski definition) is 4. The van der Waals surface area contributed by atoms with E-state index in [1.165, 1.54) is 6.07 Å². The van der Waals surface area contributed by atoms with E-state index in [1.54, 1.807) is 26.0 Å². The maximum absolute atomic E-state index is 11.5. The van der Waals surface area contributed by atoms with Crippen LogP contribution in [-0.4, -0.2) is 81.4 Å². The van der Waals surface area contributed by atoms with E-state index in [1.807, 2.05) is 6.07 Å². The Kier molecular flexibility index (Phi) is 6.84. The monoisotopic (exact) mass is 494 g/mol. The van der Waals surface area contributed by atoms with E-state index < -0.39 is 73.0 Å². The summed E-state index contributed by atoms with van der Waals surface area (Å²) in [5, 5.41) is 40.3. The smallest absolute Gasteiger partial charge is 0.336 e. The molecule has 1 fully saturated rings. The molecule has 6 unspecified atom stereocenters. The van der Waals surface area contributed by atoms with Gasteiger partial charge in [0.1, 0.15) is 60.5 Å². The fraction of sp³-hybridized carbons (Fsp3) is 0.522. The molecule has 1 aromatic heterocycles. The molecule has 35 heavy (non-hydrogen) atoms. The first kappa shape index (κ1) is 25.1. The SMILES string of the molecule is CC(C)(OC1OC(COC(=O)CC(=O)O)C(O)C(O)C1O)C1Cc2cc3ccc(=O)oc3cc2O1. The number of hydrogen-bond acceptors (Lipinski definition) is 11. The van der Waals surface area contributed by atoms with E-state index >= 15 is 0 Å². The van der Waals surface area contributed by atoms with Gasteiger partial charge in [-0.25, -0.2) is 4.79 Å². The number of aliphatic hydroxyl groups excluding tert-OH is 3. The predicted octanol–water partition coefficient (Wildman–Crippen LogP) is -0.283. The minimum absolute atomic E-state index is 0.374. The van der Waals surface area contributed by atoms with Gasteiger partial charge in [-0.3, -0.25) is 9.59 Å². The molecule has 12 nitrogen and oxygen atoms in total. The second kappa shape index (κ2) is 9.55. The van der Waals surface area contributed by atoms with Crippen molar-refractivity contribution < 1.29 is 53.4 Å². The van der Waals surface area contributed by atoms with Crippen molar-refractivity contribution in [3.8, 4) is 5.75 Å². The fourth-order valence-electron chi connectivity index (χ4n) is 4.07. The number of fused-ring (bicyclic) bond motifs is 2. The molecule has 4 rings (SSSR count). The van der Waals surface area contributed by atoms with Gasteiger partial charge in [-0.05, 0) is 31.5 Å². The van der Waals surface area contributed by atoms with Gasteiger partial charge in [0.15, 0.2) is 6.29 Å². The Labute approximate surface area is 198 Å². The number of aliphatic hydroxyl groups is 3. The maximum atomic E-state index is 11.5. The highest BCUT2D eigenvalue weighted by Crippen LogP contribution is 2.38. The van der Waals surface area contributed by atoms with Gasteiger partial charge in [0.25, 0.3) is 0 Å². The molecule has 1 saturated heterocycles. The Morgan fingerprint density at radius 3 is 2.57 bits per heavy atom. The van der Waals surface area contributed by atoms with E-state index in [4.69, 9.17) is 28.5 Å². The third-order valence-electron chi connectivity index (χ3n) is 6.04. The Bertz CT molecular complexity index is 1170. The molecule has 2 aliphatic rings. The standard InChI is InChI=1S/C23H26O12/c1-23(2,15-6-11-5-10-3-4-17(26)33-12(10)7-13(11)32-15)35-22-21(30)20(29)19(28)14(34-22)9-31-18(27)8-16(24)25/h3-5,7,14-15,19-22,28-30H,6,8-9H2,1-2H3,(H,24,25). The van der Waals surface area contributed by atoms with Gasteiger partial charge in [0.05, 0.1) is 0 Å². The molecule has 0 spiro atoms. The summed E-state index contributed by atoms with van der Waals surface area (Å²) in [5.74, 6) is -1.92. The van der Waals surface area contributed by atoms with Gasteiger partial charge in [0, 0.05) is 23.9 Å². The normalized spacial score (nSPS) is 28.4. The number of aliphatic carboxylic acids is 1. The molecule has 1 aromatic carbocycles. The van der Waals surface area contributed by atoms with Crippen LogP contribution in [0.2, 0.25) is 0 Å². The molecule has 0 radical (unpaired) electrons. The summed E-state index contributed by atoms with van der Waals surface area (Å²) in [6.45, 7) is 2.83. The van der Waals surface area contributed by atoms with Crippen LogP contribution in [0.4, 0.5) is 0 Å². The van der Waals surface area contributed by atoms with E-state index in [0.717, 1.165) is 10.9 Å². The van der Waals surface area contributed by atoms with Crippen molar-refractivity contribution in [1.82, 2.24) is 0 Å². The number of carboxylic acid groups (broad SMARTS) is 1. The molecular formula is C23H26O12. The first-order chi connectivity index (χ1) is 16.4. The maximum Gasteiger partial charge on any atom is 0.336 e. The number of ether oxygens (including phenoxy) is 4. The molecule has 0 aliphatic carbocycles. The summed E-state index contributed by atoms with van der Waals surface area (Å²) >= 11 is 0.